The van der Waals surface area contributed by atoms with Crippen molar-refractivity contribution in [3.05, 3.63) is 23.4 Å². The van der Waals surface area contributed by atoms with Crippen molar-refractivity contribution >= 4 is 23.0 Å². The van der Waals surface area contributed by atoms with Crippen LogP contribution in [0.5, 0.6) is 0 Å². The Balaban J connectivity index is 3.03. The molecule has 0 spiro atoms. The van der Waals surface area contributed by atoms with Crippen LogP contribution in [-0.2, 0) is 0 Å². The zero-order valence-electron chi connectivity index (χ0n) is 10.1. The first kappa shape index (κ1) is 12.9. The number of thiocarbonyl (C=S) groups is 1. The summed E-state index contributed by atoms with van der Waals surface area (Å²) in [5, 5.41) is 3.39. The van der Waals surface area contributed by atoms with Gasteiger partial charge in [0.05, 0.1) is 5.56 Å². The molecule has 3 N–H and O–H groups in total. The molecule has 0 aliphatic carbocycles. The molecular weight excluding hydrogens is 218 g/mol. The Labute approximate surface area is 102 Å². The second kappa shape index (κ2) is 5.80. The maximum atomic E-state index is 5.73. The summed E-state index contributed by atoms with van der Waals surface area (Å²) in [6.07, 6.45) is 3.90. The quantitative estimate of drug-likeness (QED) is 0.773. The lowest BCUT2D eigenvalue weighted by Gasteiger charge is -2.18. The van der Waals surface area contributed by atoms with Crippen LogP contribution in [0.25, 0.3) is 0 Å². The summed E-state index contributed by atoms with van der Waals surface area (Å²) < 4.78 is 0. The summed E-state index contributed by atoms with van der Waals surface area (Å²) in [5.74, 6) is 0.807. The molecule has 4 heteroatoms. The topological polar surface area (TPSA) is 50.9 Å². The molecule has 0 unspecified atom stereocenters. The van der Waals surface area contributed by atoms with E-state index in [0.29, 0.717) is 11.0 Å². The van der Waals surface area contributed by atoms with Gasteiger partial charge in [-0.3, -0.25) is 0 Å². The fourth-order valence-electron chi connectivity index (χ4n) is 1.66. The second-order valence-electron chi connectivity index (χ2n) is 3.87. The van der Waals surface area contributed by atoms with Gasteiger partial charge in [0.1, 0.15) is 10.8 Å². The summed E-state index contributed by atoms with van der Waals surface area (Å²) in [4.78, 5) is 4.72. The molecule has 0 fully saturated rings. The molecular formula is C12H19N3S. The molecule has 0 saturated heterocycles. The lowest BCUT2D eigenvalue weighted by molar-refractivity contribution is 0.668. The fourth-order valence-corrected chi connectivity index (χ4v) is 1.92. The Bertz CT molecular complexity index is 373. The maximum absolute atomic E-state index is 5.73. The van der Waals surface area contributed by atoms with Crippen molar-refractivity contribution in [1.29, 1.82) is 0 Å². The molecule has 0 amide bonds. The average Bonchev–Trinajstić information content (AvgIpc) is 2.25. The molecule has 0 bridgehead atoms. The predicted octanol–water partition coefficient (Wildman–Crippen LogP) is 2.62. The van der Waals surface area contributed by atoms with Crippen molar-refractivity contribution < 1.29 is 0 Å². The maximum Gasteiger partial charge on any atom is 0.136 e. The third kappa shape index (κ3) is 2.92. The Morgan fingerprint density at radius 1 is 1.50 bits per heavy atom. The highest BCUT2D eigenvalue weighted by Crippen LogP contribution is 2.18. The minimum absolute atomic E-state index is 0.402. The molecule has 88 valence electrons. The van der Waals surface area contributed by atoms with E-state index in [2.05, 4.69) is 24.1 Å². The number of aryl methyl sites for hydroxylation is 1. The van der Waals surface area contributed by atoms with Crippen molar-refractivity contribution in [1.82, 2.24) is 4.98 Å². The van der Waals surface area contributed by atoms with Gasteiger partial charge in [0.25, 0.3) is 0 Å². The zero-order chi connectivity index (χ0) is 12.1. The van der Waals surface area contributed by atoms with E-state index >= 15 is 0 Å². The van der Waals surface area contributed by atoms with Gasteiger partial charge >= 0.3 is 0 Å². The Morgan fingerprint density at radius 3 is 2.62 bits per heavy atom. The van der Waals surface area contributed by atoms with Crippen LogP contribution in [0.4, 0.5) is 5.82 Å². The van der Waals surface area contributed by atoms with E-state index < -0.39 is 0 Å². The van der Waals surface area contributed by atoms with Crippen LogP contribution in [0.2, 0.25) is 0 Å². The minimum atomic E-state index is 0.402. The number of anilines is 1. The zero-order valence-corrected chi connectivity index (χ0v) is 10.9. The van der Waals surface area contributed by atoms with Crippen LogP contribution >= 0.6 is 12.2 Å². The van der Waals surface area contributed by atoms with Gasteiger partial charge in [0.15, 0.2) is 0 Å². The number of nitrogens with one attached hydrogen (secondary N) is 1. The number of rotatable bonds is 5. The molecule has 0 saturated carbocycles. The molecule has 0 aliphatic heterocycles. The van der Waals surface area contributed by atoms with Gasteiger partial charge in [-0.05, 0) is 31.4 Å². The monoisotopic (exact) mass is 237 g/mol. The molecule has 1 heterocycles. The summed E-state index contributed by atoms with van der Waals surface area (Å²) >= 11 is 5.06. The summed E-state index contributed by atoms with van der Waals surface area (Å²) in [6, 6.07) is 2.34. The first-order valence-corrected chi connectivity index (χ1v) is 6.02. The molecule has 1 rings (SSSR count). The molecule has 1 aromatic heterocycles. The van der Waals surface area contributed by atoms with Crippen molar-refractivity contribution in [3.8, 4) is 0 Å². The van der Waals surface area contributed by atoms with Gasteiger partial charge in [0.2, 0.25) is 0 Å². The minimum Gasteiger partial charge on any atom is -0.389 e. The highest BCUT2D eigenvalue weighted by molar-refractivity contribution is 7.80. The van der Waals surface area contributed by atoms with E-state index in [1.807, 2.05) is 13.0 Å². The number of pyridine rings is 1. The molecule has 3 nitrogen and oxygen atoms in total. The van der Waals surface area contributed by atoms with Crippen molar-refractivity contribution in [2.45, 2.75) is 39.7 Å². The fraction of sp³-hybridized carbons (Fsp3) is 0.500. The number of hydrogen-bond acceptors (Lipinski definition) is 3. The van der Waals surface area contributed by atoms with Gasteiger partial charge < -0.3 is 11.1 Å². The van der Waals surface area contributed by atoms with Gasteiger partial charge in [-0.15, -0.1) is 0 Å². The predicted molar refractivity (Wildman–Crippen MR) is 72.9 cm³/mol. The van der Waals surface area contributed by atoms with E-state index in [1.54, 1.807) is 6.20 Å². The SMILES string of the molecule is CCC(CC)Nc1nccc(C)c1C(N)=S. The van der Waals surface area contributed by atoms with Crippen LogP contribution < -0.4 is 11.1 Å². The van der Waals surface area contributed by atoms with Crippen LogP contribution in [0.15, 0.2) is 12.3 Å². The van der Waals surface area contributed by atoms with E-state index in [4.69, 9.17) is 18.0 Å². The second-order valence-corrected chi connectivity index (χ2v) is 4.31. The Kier molecular flexibility index (Phi) is 4.68. The Hall–Kier alpha value is -1.16. The van der Waals surface area contributed by atoms with Crippen LogP contribution in [0.1, 0.15) is 37.8 Å². The van der Waals surface area contributed by atoms with Crippen molar-refractivity contribution in [2.24, 2.45) is 5.73 Å². The average molecular weight is 237 g/mol. The van der Waals surface area contributed by atoms with E-state index in [0.717, 1.165) is 29.8 Å². The first-order valence-electron chi connectivity index (χ1n) is 5.62. The molecule has 1 aromatic rings. The van der Waals surface area contributed by atoms with E-state index in [1.165, 1.54) is 0 Å². The molecule has 0 radical (unpaired) electrons. The van der Waals surface area contributed by atoms with E-state index in [-0.39, 0.29) is 0 Å². The highest BCUT2D eigenvalue weighted by Gasteiger charge is 2.12. The van der Waals surface area contributed by atoms with E-state index in [9.17, 15) is 0 Å². The molecule has 0 aromatic carbocycles. The third-order valence-corrected chi connectivity index (χ3v) is 2.94. The number of nitrogens with two attached hydrogens (primary N) is 1. The smallest absolute Gasteiger partial charge is 0.136 e. The van der Waals surface area contributed by atoms with Crippen molar-refractivity contribution in [3.63, 3.8) is 0 Å². The van der Waals surface area contributed by atoms with Gasteiger partial charge in [-0.25, -0.2) is 4.98 Å². The summed E-state index contributed by atoms with van der Waals surface area (Å²) in [6.45, 7) is 6.29. The lowest BCUT2D eigenvalue weighted by Crippen LogP contribution is -2.22. The standard InChI is InChI=1S/C12H19N3S/c1-4-9(5-2)15-12-10(11(13)16)8(3)6-7-14-12/h6-7,9H,4-5H2,1-3H3,(H2,13,16)(H,14,15). The highest BCUT2D eigenvalue weighted by atomic mass is 32.1. The van der Waals surface area contributed by atoms with Crippen LogP contribution in [0.3, 0.4) is 0 Å². The molecule has 0 aliphatic rings. The molecule has 16 heavy (non-hydrogen) atoms. The number of nitrogens with zero attached hydrogens (tertiary/aromatic N) is 1. The van der Waals surface area contributed by atoms with Gasteiger partial charge in [0, 0.05) is 12.2 Å². The third-order valence-electron chi connectivity index (χ3n) is 2.73. The number of aromatic nitrogens is 1. The number of hydrogen-bond donors (Lipinski definition) is 2. The van der Waals surface area contributed by atoms with Crippen molar-refractivity contribution in [2.75, 3.05) is 5.32 Å². The Morgan fingerprint density at radius 2 is 2.12 bits per heavy atom. The molecule has 0 atom stereocenters. The first-order chi connectivity index (χ1) is 7.60. The summed E-state index contributed by atoms with van der Waals surface area (Å²) in [7, 11) is 0. The van der Waals surface area contributed by atoms with Gasteiger partial charge in [-0.2, -0.15) is 0 Å². The lowest BCUT2D eigenvalue weighted by atomic mass is 10.1. The van der Waals surface area contributed by atoms with Crippen LogP contribution in [0, 0.1) is 6.92 Å². The van der Waals surface area contributed by atoms with Gasteiger partial charge in [-0.1, -0.05) is 26.1 Å². The largest absolute Gasteiger partial charge is 0.389 e. The normalized spacial score (nSPS) is 10.5. The van der Waals surface area contributed by atoms with Crippen LogP contribution in [-0.4, -0.2) is 16.0 Å². The summed E-state index contributed by atoms with van der Waals surface area (Å²) in [5.41, 5.74) is 7.66.